The summed E-state index contributed by atoms with van der Waals surface area (Å²) >= 11 is 0. The molecule has 2 amide bonds. The van der Waals surface area contributed by atoms with Crippen molar-refractivity contribution < 1.29 is 23.5 Å². The minimum Gasteiger partial charge on any atom is -0.487 e. The lowest BCUT2D eigenvalue weighted by Gasteiger charge is -2.34. The van der Waals surface area contributed by atoms with Crippen LogP contribution in [-0.4, -0.2) is 37.2 Å². The molecule has 158 valence electrons. The maximum absolute atomic E-state index is 14.5. The van der Waals surface area contributed by atoms with Gasteiger partial charge in [-0.25, -0.2) is 14.0 Å². The van der Waals surface area contributed by atoms with Crippen LogP contribution >= 0.6 is 0 Å². The molecule has 6 nitrogen and oxygen atoms in total. The van der Waals surface area contributed by atoms with Gasteiger partial charge >= 0.3 is 12.0 Å². The van der Waals surface area contributed by atoms with E-state index in [4.69, 9.17) is 9.47 Å². The summed E-state index contributed by atoms with van der Waals surface area (Å²) in [6.07, 6.45) is 0. The van der Waals surface area contributed by atoms with Crippen LogP contribution in [0.1, 0.15) is 29.7 Å². The van der Waals surface area contributed by atoms with E-state index in [1.807, 2.05) is 32.0 Å². The van der Waals surface area contributed by atoms with E-state index in [1.165, 1.54) is 24.1 Å². The highest BCUT2D eigenvalue weighted by molar-refractivity contribution is 5.95. The number of nitrogens with one attached hydrogen (secondary N) is 1. The maximum Gasteiger partial charge on any atom is 0.338 e. The Morgan fingerprint density at radius 3 is 2.60 bits per heavy atom. The van der Waals surface area contributed by atoms with Crippen LogP contribution in [0.5, 0.6) is 5.75 Å². The molecule has 0 spiro atoms. The van der Waals surface area contributed by atoms with Crippen molar-refractivity contribution in [3.05, 3.63) is 76.2 Å². The monoisotopic (exact) mass is 412 g/mol. The van der Waals surface area contributed by atoms with Gasteiger partial charge in [-0.1, -0.05) is 35.9 Å². The largest absolute Gasteiger partial charge is 0.487 e. The number of aryl methyl sites for hydroxylation is 2. The van der Waals surface area contributed by atoms with Gasteiger partial charge in [-0.15, -0.1) is 0 Å². The van der Waals surface area contributed by atoms with Gasteiger partial charge < -0.3 is 14.8 Å². The number of esters is 1. The van der Waals surface area contributed by atoms with Crippen molar-refractivity contribution in [3.8, 4) is 5.75 Å². The molecule has 1 N–H and O–H groups in total. The lowest BCUT2D eigenvalue weighted by molar-refractivity contribution is -0.139. The number of ether oxygens (including phenoxy) is 2. The average Bonchev–Trinajstić information content (AvgIpc) is 2.70. The zero-order valence-corrected chi connectivity index (χ0v) is 17.5. The highest BCUT2D eigenvalue weighted by atomic mass is 19.1. The molecule has 1 heterocycles. The number of hydrogen-bond donors (Lipinski definition) is 1. The summed E-state index contributed by atoms with van der Waals surface area (Å²) in [5.41, 5.74) is 2.69. The molecule has 0 fully saturated rings. The molecule has 1 aliphatic heterocycles. The number of hydrogen-bond acceptors (Lipinski definition) is 4. The van der Waals surface area contributed by atoms with Crippen molar-refractivity contribution in [1.29, 1.82) is 0 Å². The van der Waals surface area contributed by atoms with Gasteiger partial charge in [-0.05, 0) is 38.5 Å². The van der Waals surface area contributed by atoms with Crippen LogP contribution in [0.3, 0.4) is 0 Å². The van der Waals surface area contributed by atoms with E-state index in [-0.39, 0.29) is 24.4 Å². The Kier molecular flexibility index (Phi) is 6.40. The molecule has 0 unspecified atom stereocenters. The molecule has 3 rings (SSSR count). The number of amides is 2. The number of urea groups is 1. The number of likely N-dealkylation sites (N-methyl/N-ethyl adjacent to an activating group) is 1. The van der Waals surface area contributed by atoms with Crippen molar-refractivity contribution in [2.75, 3.05) is 20.3 Å². The Hall–Kier alpha value is -3.35. The van der Waals surface area contributed by atoms with Crippen LogP contribution < -0.4 is 10.1 Å². The summed E-state index contributed by atoms with van der Waals surface area (Å²) in [5.74, 6) is -0.515. The second-order valence-electron chi connectivity index (χ2n) is 7.10. The first kappa shape index (κ1) is 21.4. The molecule has 1 aliphatic rings. The number of nitrogens with zero attached hydrogens (tertiary/aromatic N) is 1. The normalized spacial score (nSPS) is 16.4. The van der Waals surface area contributed by atoms with Crippen LogP contribution in [0.15, 0.2) is 53.7 Å². The molecule has 0 aliphatic carbocycles. The first-order chi connectivity index (χ1) is 14.3. The minimum absolute atomic E-state index is 0.0487. The predicted molar refractivity (Wildman–Crippen MR) is 111 cm³/mol. The standard InChI is InChI=1S/C23H25FN2O4/c1-5-29-22(27)20-18(13-30-19-11-10-14(2)12-15(19)3)26(4)23(28)25-21(20)16-8-6-7-9-17(16)24/h6-12,21H,5,13H2,1-4H3,(H,25,28)/t21-/m1/s1. The molecule has 0 bridgehead atoms. The molecule has 1 atom stereocenters. The summed E-state index contributed by atoms with van der Waals surface area (Å²) in [7, 11) is 1.53. The SMILES string of the molecule is CCOC(=O)C1=C(COc2ccc(C)cc2C)N(C)C(=O)N[C@@H]1c1ccccc1F. The van der Waals surface area contributed by atoms with Crippen molar-refractivity contribution >= 4 is 12.0 Å². The van der Waals surface area contributed by atoms with E-state index in [9.17, 15) is 14.0 Å². The molecule has 0 saturated heterocycles. The third-order valence-corrected chi connectivity index (χ3v) is 4.98. The first-order valence-corrected chi connectivity index (χ1v) is 9.72. The van der Waals surface area contributed by atoms with Gasteiger partial charge in [0.25, 0.3) is 0 Å². The van der Waals surface area contributed by atoms with Crippen molar-refractivity contribution in [3.63, 3.8) is 0 Å². The van der Waals surface area contributed by atoms with Gasteiger partial charge in [0.1, 0.15) is 18.2 Å². The van der Waals surface area contributed by atoms with Crippen molar-refractivity contribution in [2.24, 2.45) is 0 Å². The smallest absolute Gasteiger partial charge is 0.338 e. The molecule has 30 heavy (non-hydrogen) atoms. The van der Waals surface area contributed by atoms with E-state index < -0.39 is 23.9 Å². The highest BCUT2D eigenvalue weighted by Crippen LogP contribution is 2.33. The van der Waals surface area contributed by atoms with E-state index in [0.717, 1.165) is 11.1 Å². The molecular formula is C23H25FN2O4. The number of carbonyl (C=O) groups excluding carboxylic acids is 2. The fraction of sp³-hybridized carbons (Fsp3) is 0.304. The number of carbonyl (C=O) groups is 2. The highest BCUT2D eigenvalue weighted by Gasteiger charge is 2.38. The Morgan fingerprint density at radius 2 is 1.93 bits per heavy atom. The lowest BCUT2D eigenvalue weighted by atomic mass is 9.94. The zero-order chi connectivity index (χ0) is 21.8. The molecular weight excluding hydrogens is 387 g/mol. The second kappa shape index (κ2) is 8.98. The summed E-state index contributed by atoms with van der Waals surface area (Å²) in [5, 5.41) is 2.69. The minimum atomic E-state index is -0.980. The summed E-state index contributed by atoms with van der Waals surface area (Å²) in [4.78, 5) is 26.7. The van der Waals surface area contributed by atoms with Crippen molar-refractivity contribution in [1.82, 2.24) is 10.2 Å². The van der Waals surface area contributed by atoms with Crippen molar-refractivity contribution in [2.45, 2.75) is 26.8 Å². The fourth-order valence-electron chi connectivity index (χ4n) is 3.43. The van der Waals surface area contributed by atoms with Crippen LogP contribution in [0, 0.1) is 19.7 Å². The van der Waals surface area contributed by atoms with Gasteiger partial charge in [-0.2, -0.15) is 0 Å². The molecule has 0 radical (unpaired) electrons. The topological polar surface area (TPSA) is 67.9 Å². The molecule has 7 heteroatoms. The Balaban J connectivity index is 2.06. The Morgan fingerprint density at radius 1 is 1.20 bits per heavy atom. The third-order valence-electron chi connectivity index (χ3n) is 4.98. The van der Waals surface area contributed by atoms with Crippen LogP contribution in [0.2, 0.25) is 0 Å². The summed E-state index contributed by atoms with van der Waals surface area (Å²) in [6.45, 7) is 5.69. The van der Waals surface area contributed by atoms with Crippen LogP contribution in [0.4, 0.5) is 9.18 Å². The molecule has 2 aromatic rings. The Labute approximate surface area is 175 Å². The van der Waals surface area contributed by atoms with Gasteiger partial charge in [0.2, 0.25) is 0 Å². The average molecular weight is 412 g/mol. The van der Waals surface area contributed by atoms with Gasteiger partial charge in [0.15, 0.2) is 0 Å². The Bertz CT molecular complexity index is 1000. The summed E-state index contributed by atoms with van der Waals surface area (Å²) in [6, 6.07) is 10.3. The third kappa shape index (κ3) is 4.30. The predicted octanol–water partition coefficient (Wildman–Crippen LogP) is 4.03. The molecule has 0 saturated carbocycles. The molecule has 0 aromatic heterocycles. The van der Waals surface area contributed by atoms with Gasteiger partial charge in [0.05, 0.1) is 23.9 Å². The molecule has 2 aromatic carbocycles. The number of benzene rings is 2. The second-order valence-corrected chi connectivity index (χ2v) is 7.10. The van der Waals surface area contributed by atoms with Crippen LogP contribution in [0.25, 0.3) is 0 Å². The fourth-order valence-corrected chi connectivity index (χ4v) is 3.43. The summed E-state index contributed by atoms with van der Waals surface area (Å²) < 4.78 is 25.7. The maximum atomic E-state index is 14.5. The number of halogens is 1. The number of rotatable bonds is 6. The zero-order valence-electron chi connectivity index (χ0n) is 17.5. The van der Waals surface area contributed by atoms with E-state index in [1.54, 1.807) is 19.1 Å². The van der Waals surface area contributed by atoms with Crippen LogP contribution in [-0.2, 0) is 9.53 Å². The van der Waals surface area contributed by atoms with E-state index in [2.05, 4.69) is 5.32 Å². The van der Waals surface area contributed by atoms with Gasteiger partial charge in [-0.3, -0.25) is 4.90 Å². The lowest BCUT2D eigenvalue weighted by Crippen LogP contribution is -2.48. The quantitative estimate of drug-likeness (QED) is 0.728. The van der Waals surface area contributed by atoms with E-state index in [0.29, 0.717) is 11.4 Å². The first-order valence-electron chi connectivity index (χ1n) is 9.72. The van der Waals surface area contributed by atoms with Gasteiger partial charge in [0, 0.05) is 12.6 Å². The van der Waals surface area contributed by atoms with E-state index >= 15 is 0 Å².